The average Bonchev–Trinajstić information content (AvgIpc) is 2.57. The van der Waals surface area contributed by atoms with Gasteiger partial charge in [0.25, 0.3) is 0 Å². The zero-order valence-corrected chi connectivity index (χ0v) is 10.7. The number of aliphatic imine (C=N–C) groups is 1. The molecule has 0 spiro atoms. The van der Waals surface area contributed by atoms with Crippen molar-refractivity contribution in [2.24, 2.45) is 16.8 Å². The lowest BCUT2D eigenvalue weighted by Crippen LogP contribution is -2.23. The minimum absolute atomic E-state index is 0.462. The smallest absolute Gasteiger partial charge is 0.238 e. The second kappa shape index (κ2) is 5.19. The van der Waals surface area contributed by atoms with E-state index >= 15 is 0 Å². The van der Waals surface area contributed by atoms with Gasteiger partial charge in [-0.15, -0.1) is 0 Å². The molecule has 85 valence electrons. The molecule has 0 atom stereocenters. The van der Waals surface area contributed by atoms with Crippen LogP contribution in [0.5, 0.6) is 0 Å². The molecule has 0 aromatic carbocycles. The van der Waals surface area contributed by atoms with Crippen molar-refractivity contribution in [2.45, 2.75) is 27.7 Å². The van der Waals surface area contributed by atoms with E-state index in [2.05, 4.69) is 58.0 Å². The fourth-order valence-electron chi connectivity index (χ4n) is 2.00. The first kappa shape index (κ1) is 12.8. The van der Waals surface area contributed by atoms with Crippen molar-refractivity contribution in [3.05, 3.63) is 36.7 Å². The third-order valence-corrected chi connectivity index (χ3v) is 2.66. The third-order valence-electron chi connectivity index (χ3n) is 2.66. The molecule has 0 saturated carbocycles. The van der Waals surface area contributed by atoms with E-state index < -0.39 is 0 Å². The highest BCUT2D eigenvalue weighted by Gasteiger charge is 2.30. The van der Waals surface area contributed by atoms with Crippen molar-refractivity contribution in [2.75, 3.05) is 0 Å². The van der Waals surface area contributed by atoms with Gasteiger partial charge in [-0.3, -0.25) is 4.99 Å². The van der Waals surface area contributed by atoms with Gasteiger partial charge in [0.15, 0.2) is 0 Å². The van der Waals surface area contributed by atoms with Gasteiger partial charge in [-0.05, 0) is 11.8 Å². The van der Waals surface area contributed by atoms with E-state index in [1.54, 1.807) is 6.20 Å². The molecule has 16 heavy (non-hydrogen) atoms. The largest absolute Gasteiger partial charge is 0.319 e. The lowest BCUT2D eigenvalue weighted by Gasteiger charge is -2.23. The van der Waals surface area contributed by atoms with Gasteiger partial charge in [-0.1, -0.05) is 46.3 Å². The summed E-state index contributed by atoms with van der Waals surface area (Å²) in [4.78, 5) is 6.34. The summed E-state index contributed by atoms with van der Waals surface area (Å²) in [5, 5.41) is 0. The average molecular weight is 215 g/mol. The molecule has 1 heterocycles. The fraction of sp³-hybridized carbons (Fsp3) is 0.462. The van der Waals surface area contributed by atoms with Gasteiger partial charge in [-0.2, -0.15) is 0 Å². The highest BCUT2D eigenvalue weighted by molar-refractivity contribution is 6.82. The molecule has 3 heteroatoms. The Morgan fingerprint density at radius 3 is 2.19 bits per heavy atom. The SMILES string of the molecule is C=CN=C1[B]C(C(C)C)=C(C(C)C)N1C=C. The van der Waals surface area contributed by atoms with Gasteiger partial charge in [0.2, 0.25) is 7.28 Å². The van der Waals surface area contributed by atoms with Crippen LogP contribution in [0.2, 0.25) is 0 Å². The maximum Gasteiger partial charge on any atom is 0.238 e. The maximum absolute atomic E-state index is 4.28. The van der Waals surface area contributed by atoms with Crippen molar-refractivity contribution >= 4 is 13.0 Å². The molecule has 1 aliphatic rings. The third kappa shape index (κ3) is 2.29. The van der Waals surface area contributed by atoms with E-state index in [9.17, 15) is 0 Å². The maximum atomic E-state index is 4.28. The summed E-state index contributed by atoms with van der Waals surface area (Å²) in [6.07, 6.45) is 3.40. The summed E-state index contributed by atoms with van der Waals surface area (Å²) in [6.45, 7) is 16.3. The molecular formula is C13H20BN2. The van der Waals surface area contributed by atoms with Crippen LogP contribution in [0.1, 0.15) is 27.7 Å². The van der Waals surface area contributed by atoms with Crippen molar-refractivity contribution in [3.8, 4) is 0 Å². The zero-order chi connectivity index (χ0) is 12.3. The van der Waals surface area contributed by atoms with E-state index in [-0.39, 0.29) is 0 Å². The van der Waals surface area contributed by atoms with Crippen molar-refractivity contribution in [1.82, 2.24) is 4.90 Å². The molecule has 0 saturated heterocycles. The van der Waals surface area contributed by atoms with E-state index in [4.69, 9.17) is 0 Å². The van der Waals surface area contributed by atoms with Crippen LogP contribution in [0.4, 0.5) is 0 Å². The Balaban J connectivity index is 3.19. The van der Waals surface area contributed by atoms with Crippen LogP contribution >= 0.6 is 0 Å². The van der Waals surface area contributed by atoms with Crippen LogP contribution in [-0.4, -0.2) is 17.9 Å². The second-order valence-electron chi connectivity index (χ2n) is 4.52. The lowest BCUT2D eigenvalue weighted by atomic mass is 9.65. The molecule has 0 aromatic heterocycles. The number of hydrogen-bond acceptors (Lipinski definition) is 1. The Kier molecular flexibility index (Phi) is 4.16. The monoisotopic (exact) mass is 215 g/mol. The molecule has 1 rings (SSSR count). The molecule has 2 nitrogen and oxygen atoms in total. The van der Waals surface area contributed by atoms with E-state index in [0.29, 0.717) is 11.8 Å². The molecule has 0 N–H and O–H groups in total. The van der Waals surface area contributed by atoms with E-state index in [1.165, 1.54) is 11.2 Å². The Morgan fingerprint density at radius 1 is 1.19 bits per heavy atom. The molecule has 0 unspecified atom stereocenters. The standard InChI is InChI=1S/C13H20BN2/c1-7-15-13-14-11(9(3)4)12(10(5)6)16(13)8-2/h7-10H,1-2H2,3-6H3. The van der Waals surface area contributed by atoms with Crippen LogP contribution < -0.4 is 0 Å². The van der Waals surface area contributed by atoms with Crippen LogP contribution in [0.25, 0.3) is 0 Å². The number of allylic oxidation sites excluding steroid dienone is 2. The Bertz CT molecular complexity index is 351. The van der Waals surface area contributed by atoms with Gasteiger partial charge in [0.05, 0.1) is 5.73 Å². The molecule has 0 amide bonds. The molecule has 0 aliphatic carbocycles. The molecule has 1 aliphatic heterocycles. The van der Waals surface area contributed by atoms with Gasteiger partial charge in [0, 0.05) is 18.1 Å². The predicted molar refractivity (Wildman–Crippen MR) is 72.1 cm³/mol. The summed E-state index contributed by atoms with van der Waals surface area (Å²) in [7, 11) is 2.13. The highest BCUT2D eigenvalue weighted by Crippen LogP contribution is 2.30. The molecule has 0 aromatic rings. The number of rotatable bonds is 4. The summed E-state index contributed by atoms with van der Waals surface area (Å²) in [5.41, 5.74) is 3.55. The van der Waals surface area contributed by atoms with Crippen molar-refractivity contribution in [1.29, 1.82) is 0 Å². The van der Waals surface area contributed by atoms with Crippen LogP contribution in [-0.2, 0) is 0 Å². The predicted octanol–water partition coefficient (Wildman–Crippen LogP) is 3.17. The summed E-state index contributed by atoms with van der Waals surface area (Å²) in [5.74, 6) is 0.960. The van der Waals surface area contributed by atoms with Crippen molar-refractivity contribution < 1.29 is 0 Å². The van der Waals surface area contributed by atoms with Gasteiger partial charge in [0.1, 0.15) is 0 Å². The molecule has 0 bridgehead atoms. The van der Waals surface area contributed by atoms with Gasteiger partial charge in [-0.25, -0.2) is 0 Å². The molecular weight excluding hydrogens is 195 g/mol. The van der Waals surface area contributed by atoms with Crippen LogP contribution in [0.3, 0.4) is 0 Å². The van der Waals surface area contributed by atoms with E-state index in [0.717, 1.165) is 5.73 Å². The second-order valence-corrected chi connectivity index (χ2v) is 4.52. The fourth-order valence-corrected chi connectivity index (χ4v) is 2.00. The van der Waals surface area contributed by atoms with Gasteiger partial charge >= 0.3 is 0 Å². The number of hydrogen-bond donors (Lipinski definition) is 0. The lowest BCUT2D eigenvalue weighted by molar-refractivity contribution is 0.562. The normalized spacial score (nSPS) is 18.6. The molecule has 1 radical (unpaired) electrons. The Labute approximate surface area is 99.7 Å². The first-order valence-corrected chi connectivity index (χ1v) is 5.72. The summed E-state index contributed by atoms with van der Waals surface area (Å²) in [6, 6.07) is 0. The van der Waals surface area contributed by atoms with Crippen molar-refractivity contribution in [3.63, 3.8) is 0 Å². The van der Waals surface area contributed by atoms with Crippen LogP contribution in [0, 0.1) is 11.8 Å². The number of amidine groups is 1. The minimum atomic E-state index is 0.462. The van der Waals surface area contributed by atoms with Crippen LogP contribution in [0.15, 0.2) is 41.7 Å². The highest BCUT2D eigenvalue weighted by atomic mass is 15.2. The Hall–Kier alpha value is -1.25. The van der Waals surface area contributed by atoms with E-state index in [1.807, 2.05) is 6.20 Å². The summed E-state index contributed by atoms with van der Waals surface area (Å²) < 4.78 is 0. The topological polar surface area (TPSA) is 15.6 Å². The quantitative estimate of drug-likeness (QED) is 0.657. The zero-order valence-electron chi connectivity index (χ0n) is 10.7. The van der Waals surface area contributed by atoms with Gasteiger partial charge < -0.3 is 4.90 Å². The number of nitrogens with zero attached hydrogens (tertiary/aromatic N) is 2. The first-order valence-electron chi connectivity index (χ1n) is 5.72. The summed E-state index contributed by atoms with van der Waals surface area (Å²) >= 11 is 0. The first-order chi connectivity index (χ1) is 7.52. The minimum Gasteiger partial charge on any atom is -0.319 e. The molecule has 0 fully saturated rings. The Morgan fingerprint density at radius 2 is 1.81 bits per heavy atom.